The summed E-state index contributed by atoms with van der Waals surface area (Å²) in [5.74, 6) is -0.134. The second-order valence-corrected chi connectivity index (χ2v) is 5.42. The lowest BCUT2D eigenvalue weighted by molar-refractivity contribution is -0.120. The molecule has 0 bridgehead atoms. The number of amides is 1. The van der Waals surface area contributed by atoms with E-state index in [-0.39, 0.29) is 18.9 Å². The van der Waals surface area contributed by atoms with Gasteiger partial charge in [-0.05, 0) is 35.7 Å². The zero-order valence-corrected chi connectivity index (χ0v) is 12.6. The molecule has 0 heterocycles. The Morgan fingerprint density at radius 3 is 2.71 bits per heavy atom. The first-order chi connectivity index (χ1) is 10.1. The monoisotopic (exact) mass is 303 g/mol. The fourth-order valence-corrected chi connectivity index (χ4v) is 2.39. The summed E-state index contributed by atoms with van der Waals surface area (Å²) in [6.07, 6.45) is -0.448. The fraction of sp³-hybridized carbons (Fsp3) is 0.235. The Balaban J connectivity index is 1.88. The van der Waals surface area contributed by atoms with Crippen LogP contribution < -0.4 is 5.32 Å². The molecule has 21 heavy (non-hydrogen) atoms. The Labute approximate surface area is 129 Å². The Morgan fingerprint density at radius 1 is 1.24 bits per heavy atom. The maximum atomic E-state index is 11.9. The van der Waals surface area contributed by atoms with Gasteiger partial charge >= 0.3 is 0 Å². The number of halogens is 1. The number of aryl methyl sites for hydroxylation is 1. The number of aliphatic hydroxyl groups excluding tert-OH is 1. The molecule has 2 N–H and O–H groups in total. The first-order valence-corrected chi connectivity index (χ1v) is 7.19. The summed E-state index contributed by atoms with van der Waals surface area (Å²) in [7, 11) is 0. The third kappa shape index (κ3) is 4.59. The molecular weight excluding hydrogens is 286 g/mol. The van der Waals surface area contributed by atoms with Crippen LogP contribution in [0.2, 0.25) is 5.02 Å². The molecule has 0 spiro atoms. The van der Waals surface area contributed by atoms with Crippen molar-refractivity contribution >= 4 is 17.5 Å². The van der Waals surface area contributed by atoms with E-state index in [0.29, 0.717) is 5.02 Å². The lowest BCUT2D eigenvalue weighted by Gasteiger charge is -2.14. The van der Waals surface area contributed by atoms with Gasteiger partial charge in [-0.1, -0.05) is 48.0 Å². The average Bonchev–Trinajstić information content (AvgIpc) is 2.45. The molecule has 2 aromatic carbocycles. The largest absolute Gasteiger partial charge is 0.387 e. The van der Waals surface area contributed by atoms with Crippen LogP contribution >= 0.6 is 11.6 Å². The number of hydrogen-bond acceptors (Lipinski definition) is 2. The minimum Gasteiger partial charge on any atom is -0.387 e. The van der Waals surface area contributed by atoms with Crippen LogP contribution in [0, 0.1) is 6.92 Å². The van der Waals surface area contributed by atoms with Crippen LogP contribution in [0.25, 0.3) is 0 Å². The summed E-state index contributed by atoms with van der Waals surface area (Å²) in [6.45, 7) is 2.14. The molecule has 1 amide bonds. The van der Waals surface area contributed by atoms with Crippen LogP contribution in [0.3, 0.4) is 0 Å². The highest BCUT2D eigenvalue weighted by atomic mass is 35.5. The van der Waals surface area contributed by atoms with E-state index >= 15 is 0 Å². The zero-order valence-electron chi connectivity index (χ0n) is 11.8. The van der Waals surface area contributed by atoms with Gasteiger partial charge in [-0.25, -0.2) is 0 Å². The van der Waals surface area contributed by atoms with Crippen molar-refractivity contribution in [2.75, 3.05) is 6.54 Å². The van der Waals surface area contributed by atoms with Gasteiger partial charge in [-0.2, -0.15) is 0 Å². The van der Waals surface area contributed by atoms with E-state index < -0.39 is 6.10 Å². The number of rotatable bonds is 5. The fourth-order valence-electron chi connectivity index (χ4n) is 2.18. The first kappa shape index (κ1) is 15.5. The van der Waals surface area contributed by atoms with Gasteiger partial charge in [0.05, 0.1) is 12.5 Å². The molecule has 0 aliphatic rings. The Hall–Kier alpha value is -1.84. The second-order valence-electron chi connectivity index (χ2n) is 4.98. The maximum Gasteiger partial charge on any atom is 0.224 e. The van der Waals surface area contributed by atoms with Crippen molar-refractivity contribution in [3.63, 3.8) is 0 Å². The molecule has 1 atom stereocenters. The van der Waals surface area contributed by atoms with Gasteiger partial charge in [0.25, 0.3) is 0 Å². The van der Waals surface area contributed by atoms with Crippen LogP contribution in [0.5, 0.6) is 0 Å². The lowest BCUT2D eigenvalue weighted by Crippen LogP contribution is -2.29. The molecule has 1 unspecified atom stereocenters. The number of benzene rings is 2. The Kier molecular flexibility index (Phi) is 5.37. The molecule has 2 rings (SSSR count). The van der Waals surface area contributed by atoms with Crippen LogP contribution in [0.1, 0.15) is 22.8 Å². The summed E-state index contributed by atoms with van der Waals surface area (Å²) >= 11 is 5.88. The predicted molar refractivity (Wildman–Crippen MR) is 84.3 cm³/mol. The van der Waals surface area contributed by atoms with Crippen LogP contribution in [0.15, 0.2) is 48.5 Å². The van der Waals surface area contributed by atoms with Gasteiger partial charge in [0.2, 0.25) is 5.91 Å². The first-order valence-electron chi connectivity index (χ1n) is 6.81. The van der Waals surface area contributed by atoms with Gasteiger partial charge in [0.15, 0.2) is 0 Å². The second kappa shape index (κ2) is 7.25. The van der Waals surface area contributed by atoms with E-state index in [1.54, 1.807) is 12.1 Å². The Morgan fingerprint density at radius 2 is 2.00 bits per heavy atom. The molecule has 4 heteroatoms. The van der Waals surface area contributed by atoms with E-state index in [1.807, 2.05) is 43.3 Å². The van der Waals surface area contributed by atoms with E-state index in [1.165, 1.54) is 0 Å². The molecule has 0 aromatic heterocycles. The molecule has 0 aliphatic heterocycles. The van der Waals surface area contributed by atoms with E-state index in [9.17, 15) is 9.90 Å². The number of carbonyl (C=O) groups excluding carboxylic acids is 1. The van der Waals surface area contributed by atoms with Crippen LogP contribution in [-0.2, 0) is 11.2 Å². The van der Waals surface area contributed by atoms with Crippen LogP contribution in [0.4, 0.5) is 0 Å². The summed E-state index contributed by atoms with van der Waals surface area (Å²) in [5.41, 5.74) is 2.69. The van der Waals surface area contributed by atoms with E-state index in [4.69, 9.17) is 11.6 Å². The van der Waals surface area contributed by atoms with Crippen molar-refractivity contribution in [2.45, 2.75) is 19.4 Å². The van der Waals surface area contributed by atoms with Gasteiger partial charge in [0.1, 0.15) is 0 Å². The number of carbonyl (C=O) groups is 1. The van der Waals surface area contributed by atoms with Gasteiger partial charge in [-0.15, -0.1) is 0 Å². The number of hydrogen-bond donors (Lipinski definition) is 2. The molecule has 0 radical (unpaired) electrons. The van der Waals surface area contributed by atoms with Crippen molar-refractivity contribution in [3.05, 3.63) is 70.2 Å². The highest BCUT2D eigenvalue weighted by Gasteiger charge is 2.11. The van der Waals surface area contributed by atoms with Gasteiger partial charge in [0, 0.05) is 11.6 Å². The standard InChI is InChI=1S/C17H18ClNO2/c1-12-5-2-3-8-15(12)16(20)11-19-17(21)10-13-6-4-7-14(18)9-13/h2-9,16,20H,10-11H2,1H3,(H,19,21). The minimum absolute atomic E-state index is 0.134. The van der Waals surface area contributed by atoms with Gasteiger partial charge in [-0.3, -0.25) is 4.79 Å². The van der Waals surface area contributed by atoms with Gasteiger partial charge < -0.3 is 10.4 Å². The highest BCUT2D eigenvalue weighted by Crippen LogP contribution is 2.16. The molecular formula is C17H18ClNO2. The third-order valence-corrected chi connectivity index (χ3v) is 3.53. The van der Waals surface area contributed by atoms with E-state index in [2.05, 4.69) is 5.32 Å². The molecule has 0 saturated heterocycles. The Bertz CT molecular complexity index is 628. The average molecular weight is 304 g/mol. The molecule has 0 saturated carbocycles. The predicted octanol–water partition coefficient (Wildman–Crippen LogP) is 3.04. The maximum absolute atomic E-state index is 11.9. The molecule has 3 nitrogen and oxygen atoms in total. The summed E-state index contributed by atoms with van der Waals surface area (Å²) in [4.78, 5) is 11.9. The topological polar surface area (TPSA) is 49.3 Å². The highest BCUT2D eigenvalue weighted by molar-refractivity contribution is 6.30. The normalized spacial score (nSPS) is 12.0. The van der Waals surface area contributed by atoms with Crippen LogP contribution in [-0.4, -0.2) is 17.6 Å². The van der Waals surface area contributed by atoms with Crippen molar-refractivity contribution in [1.82, 2.24) is 5.32 Å². The summed E-state index contributed by atoms with van der Waals surface area (Å²) in [6, 6.07) is 14.8. The number of nitrogens with one attached hydrogen (secondary N) is 1. The summed E-state index contributed by atoms with van der Waals surface area (Å²) < 4.78 is 0. The number of aliphatic hydroxyl groups is 1. The summed E-state index contributed by atoms with van der Waals surface area (Å²) in [5, 5.41) is 13.5. The van der Waals surface area contributed by atoms with E-state index in [0.717, 1.165) is 16.7 Å². The van der Waals surface area contributed by atoms with Crippen molar-refractivity contribution < 1.29 is 9.90 Å². The molecule has 0 fully saturated rings. The smallest absolute Gasteiger partial charge is 0.224 e. The zero-order chi connectivity index (χ0) is 15.2. The van der Waals surface area contributed by atoms with Crippen molar-refractivity contribution in [2.24, 2.45) is 0 Å². The molecule has 0 aliphatic carbocycles. The minimum atomic E-state index is -0.700. The lowest BCUT2D eigenvalue weighted by atomic mass is 10.0. The molecule has 110 valence electrons. The van der Waals surface area contributed by atoms with Crippen molar-refractivity contribution in [1.29, 1.82) is 0 Å². The molecule has 2 aromatic rings. The van der Waals surface area contributed by atoms with Crippen molar-refractivity contribution in [3.8, 4) is 0 Å². The third-order valence-electron chi connectivity index (χ3n) is 3.29. The quantitative estimate of drug-likeness (QED) is 0.892. The SMILES string of the molecule is Cc1ccccc1C(O)CNC(=O)Cc1cccc(Cl)c1.